The molecule has 2 aromatic carbocycles. The van der Waals surface area contributed by atoms with Gasteiger partial charge in [0.2, 0.25) is 13.0 Å². The van der Waals surface area contributed by atoms with Crippen LogP contribution in [-0.2, 0) is 0 Å². The molecule has 0 N–H and O–H groups in total. The van der Waals surface area contributed by atoms with Gasteiger partial charge >= 0.3 is 0 Å². The summed E-state index contributed by atoms with van der Waals surface area (Å²) < 4.78 is 17.3. The first kappa shape index (κ1) is 15.5. The van der Waals surface area contributed by atoms with E-state index >= 15 is 0 Å². The predicted molar refractivity (Wildman–Crippen MR) is 102 cm³/mol. The molecule has 0 saturated heterocycles. The van der Waals surface area contributed by atoms with Crippen molar-refractivity contribution >= 4 is 5.71 Å². The van der Waals surface area contributed by atoms with Gasteiger partial charge in [-0.15, -0.1) is 0 Å². The van der Waals surface area contributed by atoms with Crippen LogP contribution in [-0.4, -0.2) is 22.5 Å². The quantitative estimate of drug-likeness (QED) is 0.680. The summed E-state index contributed by atoms with van der Waals surface area (Å²) in [6, 6.07) is 20.1. The molecule has 2 unspecified atom stereocenters. The molecule has 6 rings (SSSR count). The van der Waals surface area contributed by atoms with Crippen LogP contribution < -0.4 is 14.2 Å². The van der Waals surface area contributed by atoms with E-state index in [4.69, 9.17) is 19.3 Å². The smallest absolute Gasteiger partial charge is 0.231 e. The first-order chi connectivity index (χ1) is 13.9. The van der Waals surface area contributed by atoms with E-state index in [2.05, 4.69) is 11.1 Å². The Morgan fingerprint density at radius 3 is 2.71 bits per heavy atom. The highest BCUT2D eigenvalue weighted by atomic mass is 16.7. The third kappa shape index (κ3) is 2.34. The van der Waals surface area contributed by atoms with Crippen molar-refractivity contribution in [2.45, 2.75) is 18.7 Å². The second-order valence-corrected chi connectivity index (χ2v) is 6.98. The molecule has 2 atom stereocenters. The number of fused-ring (bicyclic) bond motifs is 4. The number of hydrazone groups is 1. The number of rotatable bonds is 2. The van der Waals surface area contributed by atoms with E-state index < -0.39 is 0 Å². The monoisotopic (exact) mass is 371 g/mol. The average molecular weight is 371 g/mol. The van der Waals surface area contributed by atoms with Crippen LogP contribution in [0, 0.1) is 0 Å². The van der Waals surface area contributed by atoms with Gasteiger partial charge in [0, 0.05) is 23.7 Å². The molecule has 0 radical (unpaired) electrons. The Bertz CT molecular complexity index is 1080. The number of pyridine rings is 1. The van der Waals surface area contributed by atoms with Crippen LogP contribution in [0.25, 0.3) is 0 Å². The van der Waals surface area contributed by atoms with Gasteiger partial charge in [0.1, 0.15) is 11.4 Å². The van der Waals surface area contributed by atoms with E-state index in [9.17, 15) is 0 Å². The summed E-state index contributed by atoms with van der Waals surface area (Å²) in [6.45, 7) is 0.267. The summed E-state index contributed by atoms with van der Waals surface area (Å²) >= 11 is 0. The number of hydrogen-bond donors (Lipinski definition) is 0. The maximum atomic E-state index is 6.30. The minimum absolute atomic E-state index is 0.109. The van der Waals surface area contributed by atoms with Crippen LogP contribution in [0.2, 0.25) is 0 Å². The van der Waals surface area contributed by atoms with Gasteiger partial charge in [-0.25, -0.2) is 5.01 Å². The zero-order valence-corrected chi connectivity index (χ0v) is 15.0. The summed E-state index contributed by atoms with van der Waals surface area (Å²) in [4.78, 5) is 4.51. The van der Waals surface area contributed by atoms with Crippen molar-refractivity contribution in [3.63, 3.8) is 0 Å². The second-order valence-electron chi connectivity index (χ2n) is 6.98. The Morgan fingerprint density at radius 1 is 0.893 bits per heavy atom. The standard InChI is InChI=1S/C22H17N3O3/c1-2-7-19-15(5-1)18-12-17(14-8-9-20-21(11-14)27-13-26-20)24-25(18)22(28-19)16-6-3-4-10-23-16/h1-11,18,22H,12-13H2. The SMILES string of the molecule is c1ccc(C2Oc3ccccc3C3CC(c4ccc5c(c4)OCO5)=NN32)nc1. The van der Waals surface area contributed by atoms with Gasteiger partial charge in [-0.05, 0) is 36.4 Å². The van der Waals surface area contributed by atoms with Crippen molar-refractivity contribution in [3.05, 3.63) is 83.7 Å². The lowest BCUT2D eigenvalue weighted by Crippen LogP contribution is -2.34. The molecule has 0 aliphatic carbocycles. The van der Waals surface area contributed by atoms with Gasteiger partial charge < -0.3 is 14.2 Å². The molecule has 28 heavy (non-hydrogen) atoms. The molecule has 6 heteroatoms. The maximum Gasteiger partial charge on any atom is 0.231 e. The minimum atomic E-state index is -0.354. The summed E-state index contributed by atoms with van der Waals surface area (Å²) in [5, 5.41) is 6.98. The van der Waals surface area contributed by atoms with Crippen LogP contribution in [0.4, 0.5) is 0 Å². The lowest BCUT2D eigenvalue weighted by atomic mass is 9.96. The fourth-order valence-corrected chi connectivity index (χ4v) is 4.00. The topological polar surface area (TPSA) is 56.2 Å². The molecule has 3 aliphatic rings. The molecular weight excluding hydrogens is 354 g/mol. The van der Waals surface area contributed by atoms with E-state index in [1.54, 1.807) is 6.20 Å². The summed E-state index contributed by atoms with van der Waals surface area (Å²) in [6.07, 6.45) is 2.23. The van der Waals surface area contributed by atoms with Crippen LogP contribution in [0.1, 0.15) is 35.5 Å². The minimum Gasteiger partial charge on any atom is -0.463 e. The molecule has 4 heterocycles. The van der Waals surface area contributed by atoms with E-state index in [1.165, 1.54) is 0 Å². The molecule has 6 nitrogen and oxygen atoms in total. The van der Waals surface area contributed by atoms with Crippen LogP contribution >= 0.6 is 0 Å². The summed E-state index contributed by atoms with van der Waals surface area (Å²) in [5.74, 6) is 2.43. The number of para-hydroxylation sites is 1. The Hall–Kier alpha value is -3.54. The Balaban J connectivity index is 1.43. The van der Waals surface area contributed by atoms with E-state index in [-0.39, 0.29) is 19.1 Å². The first-order valence-corrected chi connectivity index (χ1v) is 9.29. The highest BCUT2D eigenvalue weighted by Gasteiger charge is 2.41. The fraction of sp³-hybridized carbons (Fsp3) is 0.182. The van der Waals surface area contributed by atoms with Gasteiger partial charge in [-0.3, -0.25) is 4.98 Å². The number of ether oxygens (including phenoxy) is 3. The molecule has 0 amide bonds. The van der Waals surface area contributed by atoms with Crippen molar-refractivity contribution < 1.29 is 14.2 Å². The molecule has 0 fully saturated rings. The first-order valence-electron chi connectivity index (χ1n) is 9.29. The van der Waals surface area contributed by atoms with Gasteiger partial charge in [0.05, 0.1) is 11.8 Å². The highest BCUT2D eigenvalue weighted by Crippen LogP contribution is 2.47. The predicted octanol–water partition coefficient (Wildman–Crippen LogP) is 4.05. The normalized spacial score (nSPS) is 21.6. The van der Waals surface area contributed by atoms with Crippen molar-refractivity contribution in [1.82, 2.24) is 9.99 Å². The van der Waals surface area contributed by atoms with E-state index in [0.29, 0.717) is 0 Å². The molecule has 138 valence electrons. The zero-order valence-electron chi connectivity index (χ0n) is 15.0. The molecule has 0 saturated carbocycles. The Morgan fingerprint density at radius 2 is 1.79 bits per heavy atom. The van der Waals surface area contributed by atoms with Crippen molar-refractivity contribution in [2.24, 2.45) is 5.10 Å². The van der Waals surface area contributed by atoms with Crippen LogP contribution in [0.3, 0.4) is 0 Å². The van der Waals surface area contributed by atoms with Crippen LogP contribution in [0.5, 0.6) is 17.2 Å². The van der Waals surface area contributed by atoms with Gasteiger partial charge in [0.15, 0.2) is 11.5 Å². The van der Waals surface area contributed by atoms with Gasteiger partial charge in [-0.2, -0.15) is 5.10 Å². The fourth-order valence-electron chi connectivity index (χ4n) is 4.00. The lowest BCUT2D eigenvalue weighted by Gasteiger charge is -2.37. The van der Waals surface area contributed by atoms with Gasteiger partial charge in [0.25, 0.3) is 0 Å². The molecule has 0 bridgehead atoms. The van der Waals surface area contributed by atoms with Crippen molar-refractivity contribution in [1.29, 1.82) is 0 Å². The molecule has 3 aliphatic heterocycles. The molecular formula is C22H17N3O3. The largest absolute Gasteiger partial charge is 0.463 e. The molecule has 3 aromatic rings. The van der Waals surface area contributed by atoms with Gasteiger partial charge in [-0.1, -0.05) is 24.3 Å². The average Bonchev–Trinajstić information content (AvgIpc) is 3.40. The number of benzene rings is 2. The van der Waals surface area contributed by atoms with E-state index in [1.807, 2.05) is 59.6 Å². The number of hydrogen-bond acceptors (Lipinski definition) is 6. The van der Waals surface area contributed by atoms with E-state index in [0.717, 1.165) is 46.2 Å². The third-order valence-electron chi connectivity index (χ3n) is 5.35. The van der Waals surface area contributed by atoms with Crippen LogP contribution in [0.15, 0.2) is 72.0 Å². The second kappa shape index (κ2) is 5.99. The Labute approximate surface area is 162 Å². The highest BCUT2D eigenvalue weighted by molar-refractivity contribution is 6.02. The zero-order chi connectivity index (χ0) is 18.5. The number of aromatic nitrogens is 1. The third-order valence-corrected chi connectivity index (χ3v) is 5.35. The number of nitrogens with zero attached hydrogens (tertiary/aromatic N) is 3. The van der Waals surface area contributed by atoms with Crippen molar-refractivity contribution in [3.8, 4) is 17.2 Å². The maximum absolute atomic E-state index is 6.30. The molecule has 1 aromatic heterocycles. The Kier molecular flexibility index (Phi) is 3.32. The summed E-state index contributed by atoms with van der Waals surface area (Å²) in [7, 11) is 0. The molecule has 0 spiro atoms. The summed E-state index contributed by atoms with van der Waals surface area (Å²) in [5.41, 5.74) is 4.03. The lowest BCUT2D eigenvalue weighted by molar-refractivity contribution is -0.0218. The van der Waals surface area contributed by atoms with Crippen molar-refractivity contribution in [2.75, 3.05) is 6.79 Å².